The summed E-state index contributed by atoms with van der Waals surface area (Å²) in [6.45, 7) is 2.25. The van der Waals surface area contributed by atoms with E-state index in [1.165, 1.54) is 32.2 Å². The Morgan fingerprint density at radius 2 is 2.20 bits per heavy atom. The summed E-state index contributed by atoms with van der Waals surface area (Å²) in [7, 11) is 4.05. The van der Waals surface area contributed by atoms with Crippen LogP contribution in [0.4, 0.5) is 0 Å². The van der Waals surface area contributed by atoms with Crippen LogP contribution in [0.1, 0.15) is 25.7 Å². The van der Waals surface area contributed by atoms with Crippen molar-refractivity contribution in [2.75, 3.05) is 27.2 Å². The number of likely N-dealkylation sites (N-methyl/N-ethyl adjacent to an activating group) is 1. The van der Waals surface area contributed by atoms with Crippen molar-refractivity contribution < 1.29 is 0 Å². The molecule has 86 valence electrons. The van der Waals surface area contributed by atoms with E-state index in [1.807, 2.05) is 7.05 Å². The molecule has 1 unspecified atom stereocenters. The van der Waals surface area contributed by atoms with Crippen molar-refractivity contribution in [1.29, 1.82) is 0 Å². The van der Waals surface area contributed by atoms with Crippen LogP contribution in [0.2, 0.25) is 0 Å². The fourth-order valence-corrected chi connectivity index (χ4v) is 2.07. The second kappa shape index (κ2) is 4.84. The van der Waals surface area contributed by atoms with E-state index in [4.69, 9.17) is 0 Å². The molecule has 4 nitrogen and oxygen atoms in total. The van der Waals surface area contributed by atoms with Gasteiger partial charge in [0.15, 0.2) is 5.96 Å². The molecule has 1 aliphatic carbocycles. The van der Waals surface area contributed by atoms with Gasteiger partial charge in [-0.15, -0.1) is 0 Å². The molecule has 0 bridgehead atoms. The van der Waals surface area contributed by atoms with Crippen LogP contribution in [0, 0.1) is 0 Å². The third-order valence-electron chi connectivity index (χ3n) is 3.32. The van der Waals surface area contributed by atoms with E-state index in [9.17, 15) is 0 Å². The van der Waals surface area contributed by atoms with E-state index >= 15 is 0 Å². The molecule has 0 aromatic carbocycles. The smallest absolute Gasteiger partial charge is 0.191 e. The van der Waals surface area contributed by atoms with Gasteiger partial charge in [-0.05, 0) is 39.3 Å². The summed E-state index contributed by atoms with van der Waals surface area (Å²) < 4.78 is 0. The largest absolute Gasteiger partial charge is 0.355 e. The standard InChI is InChI=1S/C11H22N4/c1-12-11(14-9-5-6-9)13-8-10-4-3-7-15(10)2/h9-10H,3-8H2,1-2H3,(H2,12,13,14). The van der Waals surface area contributed by atoms with Crippen molar-refractivity contribution in [1.82, 2.24) is 15.5 Å². The molecule has 2 rings (SSSR count). The van der Waals surface area contributed by atoms with Crippen LogP contribution in [-0.2, 0) is 0 Å². The van der Waals surface area contributed by atoms with Gasteiger partial charge in [0.2, 0.25) is 0 Å². The lowest BCUT2D eigenvalue weighted by Gasteiger charge is -2.21. The SMILES string of the molecule is CN=C(NCC1CCCN1C)NC1CC1. The molecule has 2 N–H and O–H groups in total. The molecule has 0 radical (unpaired) electrons. The molecule has 0 aromatic rings. The third-order valence-corrected chi connectivity index (χ3v) is 3.32. The lowest BCUT2D eigenvalue weighted by molar-refractivity contribution is 0.309. The van der Waals surface area contributed by atoms with Gasteiger partial charge in [0, 0.05) is 25.7 Å². The summed E-state index contributed by atoms with van der Waals surface area (Å²) in [6.07, 6.45) is 5.23. The molecule has 2 fully saturated rings. The number of hydrogen-bond donors (Lipinski definition) is 2. The topological polar surface area (TPSA) is 39.7 Å². The van der Waals surface area contributed by atoms with Gasteiger partial charge >= 0.3 is 0 Å². The van der Waals surface area contributed by atoms with E-state index < -0.39 is 0 Å². The maximum Gasteiger partial charge on any atom is 0.191 e. The van der Waals surface area contributed by atoms with Gasteiger partial charge in [0.25, 0.3) is 0 Å². The summed E-state index contributed by atoms with van der Waals surface area (Å²) in [6, 6.07) is 1.36. The molecule has 1 heterocycles. The highest BCUT2D eigenvalue weighted by Gasteiger charge is 2.24. The fraction of sp³-hybridized carbons (Fsp3) is 0.909. The van der Waals surface area contributed by atoms with Crippen molar-refractivity contribution in [2.45, 2.75) is 37.8 Å². The maximum atomic E-state index is 4.23. The van der Waals surface area contributed by atoms with Gasteiger partial charge in [-0.1, -0.05) is 0 Å². The van der Waals surface area contributed by atoms with E-state index in [-0.39, 0.29) is 0 Å². The van der Waals surface area contributed by atoms with Crippen molar-refractivity contribution in [3.63, 3.8) is 0 Å². The minimum atomic E-state index is 0.678. The van der Waals surface area contributed by atoms with Crippen LogP contribution in [0.3, 0.4) is 0 Å². The van der Waals surface area contributed by atoms with E-state index in [0.717, 1.165) is 12.5 Å². The Bertz CT molecular complexity index is 235. The molecular weight excluding hydrogens is 188 g/mol. The molecule has 1 saturated heterocycles. The first-order valence-electron chi connectivity index (χ1n) is 5.97. The van der Waals surface area contributed by atoms with Crippen LogP contribution in [0.15, 0.2) is 4.99 Å². The highest BCUT2D eigenvalue weighted by atomic mass is 15.2. The minimum Gasteiger partial charge on any atom is -0.355 e. The predicted molar refractivity (Wildman–Crippen MR) is 63.2 cm³/mol. The third kappa shape index (κ3) is 3.09. The molecule has 0 spiro atoms. The van der Waals surface area contributed by atoms with Gasteiger partial charge in [-0.25, -0.2) is 0 Å². The molecule has 1 aliphatic heterocycles. The van der Waals surface area contributed by atoms with Crippen molar-refractivity contribution >= 4 is 5.96 Å². The summed E-state index contributed by atoms with van der Waals surface area (Å²) in [5.41, 5.74) is 0. The average molecular weight is 210 g/mol. The molecule has 0 aromatic heterocycles. The molecule has 15 heavy (non-hydrogen) atoms. The Kier molecular flexibility index (Phi) is 3.46. The second-order valence-corrected chi connectivity index (χ2v) is 4.65. The number of hydrogen-bond acceptors (Lipinski definition) is 2. The van der Waals surface area contributed by atoms with Crippen LogP contribution >= 0.6 is 0 Å². The Morgan fingerprint density at radius 3 is 2.73 bits per heavy atom. The van der Waals surface area contributed by atoms with Gasteiger partial charge in [-0.2, -0.15) is 0 Å². The quantitative estimate of drug-likeness (QED) is 0.523. The minimum absolute atomic E-state index is 0.678. The summed E-state index contributed by atoms with van der Waals surface area (Å²) in [5, 5.41) is 6.81. The molecular formula is C11H22N4. The van der Waals surface area contributed by atoms with Crippen LogP contribution in [0.25, 0.3) is 0 Å². The van der Waals surface area contributed by atoms with E-state index in [0.29, 0.717) is 12.1 Å². The Hall–Kier alpha value is -0.770. The maximum absolute atomic E-state index is 4.23. The summed E-state index contributed by atoms with van der Waals surface area (Å²) in [5.74, 6) is 0.970. The zero-order chi connectivity index (χ0) is 10.7. The first-order valence-corrected chi connectivity index (χ1v) is 5.97. The van der Waals surface area contributed by atoms with E-state index in [2.05, 4.69) is 27.6 Å². The van der Waals surface area contributed by atoms with Gasteiger partial charge in [0.05, 0.1) is 0 Å². The normalized spacial score (nSPS) is 28.1. The van der Waals surface area contributed by atoms with Gasteiger partial charge in [-0.3, -0.25) is 4.99 Å². The predicted octanol–water partition coefficient (Wildman–Crippen LogP) is 0.408. The average Bonchev–Trinajstić information content (AvgIpc) is 2.96. The van der Waals surface area contributed by atoms with Crippen molar-refractivity contribution in [2.24, 2.45) is 4.99 Å². The second-order valence-electron chi connectivity index (χ2n) is 4.65. The number of nitrogens with zero attached hydrogens (tertiary/aromatic N) is 2. The molecule has 1 atom stereocenters. The lowest BCUT2D eigenvalue weighted by atomic mass is 10.2. The molecule has 2 aliphatic rings. The summed E-state index contributed by atoms with van der Waals surface area (Å²) >= 11 is 0. The highest BCUT2D eigenvalue weighted by Crippen LogP contribution is 2.18. The first-order chi connectivity index (χ1) is 7.29. The molecule has 4 heteroatoms. The first kappa shape index (κ1) is 10.7. The summed E-state index contributed by atoms with van der Waals surface area (Å²) in [4.78, 5) is 6.66. The van der Waals surface area contributed by atoms with Crippen LogP contribution in [-0.4, -0.2) is 50.1 Å². The van der Waals surface area contributed by atoms with Gasteiger partial charge in [0.1, 0.15) is 0 Å². The number of likely N-dealkylation sites (tertiary alicyclic amines) is 1. The number of guanidine groups is 1. The monoisotopic (exact) mass is 210 g/mol. The van der Waals surface area contributed by atoms with Crippen molar-refractivity contribution in [3.05, 3.63) is 0 Å². The van der Waals surface area contributed by atoms with Crippen molar-refractivity contribution in [3.8, 4) is 0 Å². The van der Waals surface area contributed by atoms with Crippen LogP contribution < -0.4 is 10.6 Å². The van der Waals surface area contributed by atoms with Gasteiger partial charge < -0.3 is 15.5 Å². The molecule has 0 amide bonds. The lowest BCUT2D eigenvalue weighted by Crippen LogP contribution is -2.44. The molecule has 1 saturated carbocycles. The fourth-order valence-electron chi connectivity index (χ4n) is 2.07. The number of aliphatic imine (C=N–C) groups is 1. The van der Waals surface area contributed by atoms with Crippen LogP contribution in [0.5, 0.6) is 0 Å². The zero-order valence-electron chi connectivity index (χ0n) is 9.79. The Labute approximate surface area is 92.1 Å². The zero-order valence-corrected chi connectivity index (χ0v) is 9.79. The highest BCUT2D eigenvalue weighted by molar-refractivity contribution is 5.80. The number of rotatable bonds is 3. The Morgan fingerprint density at radius 1 is 1.40 bits per heavy atom. The number of nitrogens with one attached hydrogen (secondary N) is 2. The Balaban J connectivity index is 1.70. The van der Waals surface area contributed by atoms with E-state index in [1.54, 1.807) is 0 Å².